The minimum Gasteiger partial charge on any atom is -0.476 e. The number of aromatic nitrogens is 1. The van der Waals surface area contributed by atoms with Gasteiger partial charge in [0.05, 0.1) is 5.01 Å². The van der Waals surface area contributed by atoms with Crippen molar-refractivity contribution in [3.05, 3.63) is 16.1 Å². The molecule has 0 aliphatic carbocycles. The number of carbonyl (C=O) groups is 1. The predicted molar refractivity (Wildman–Crippen MR) is 71.4 cm³/mol. The lowest BCUT2D eigenvalue weighted by atomic mass is 10.1. The highest BCUT2D eigenvalue weighted by Gasteiger charge is 2.19. The third kappa shape index (κ3) is 3.28. The SMILES string of the molecule is CC(CN1CCN(C)CC1)c1nc(C(=O)O)cs1. The van der Waals surface area contributed by atoms with Gasteiger partial charge in [-0.2, -0.15) is 0 Å². The van der Waals surface area contributed by atoms with Crippen LogP contribution in [-0.4, -0.2) is 65.6 Å². The molecule has 1 atom stereocenters. The first-order chi connectivity index (χ1) is 8.56. The van der Waals surface area contributed by atoms with Crippen LogP contribution >= 0.6 is 11.3 Å². The molecule has 1 aliphatic rings. The zero-order valence-electron chi connectivity index (χ0n) is 10.8. The van der Waals surface area contributed by atoms with Gasteiger partial charge in [0, 0.05) is 44.0 Å². The molecule has 2 heterocycles. The summed E-state index contributed by atoms with van der Waals surface area (Å²) in [5.74, 6) is -0.643. The third-order valence-corrected chi connectivity index (χ3v) is 4.37. The summed E-state index contributed by atoms with van der Waals surface area (Å²) in [7, 11) is 2.14. The quantitative estimate of drug-likeness (QED) is 0.890. The first kappa shape index (κ1) is 13.5. The molecule has 0 saturated carbocycles. The van der Waals surface area contributed by atoms with Crippen LogP contribution in [0.3, 0.4) is 0 Å². The highest BCUT2D eigenvalue weighted by molar-refractivity contribution is 7.09. The lowest BCUT2D eigenvalue weighted by molar-refractivity contribution is 0.0691. The van der Waals surface area contributed by atoms with Crippen molar-refractivity contribution < 1.29 is 9.90 Å². The number of carboxylic acids is 1. The second kappa shape index (κ2) is 5.77. The monoisotopic (exact) mass is 269 g/mol. The highest BCUT2D eigenvalue weighted by Crippen LogP contribution is 2.21. The first-order valence-corrected chi connectivity index (χ1v) is 7.04. The van der Waals surface area contributed by atoms with E-state index in [0.29, 0.717) is 5.92 Å². The van der Waals surface area contributed by atoms with Crippen LogP contribution in [0.15, 0.2) is 5.38 Å². The molecule has 5 nitrogen and oxygen atoms in total. The molecule has 1 aromatic heterocycles. The molecule has 1 aliphatic heterocycles. The van der Waals surface area contributed by atoms with Crippen LogP contribution < -0.4 is 0 Å². The van der Waals surface area contributed by atoms with Gasteiger partial charge in [-0.05, 0) is 7.05 Å². The molecule has 1 aromatic rings. The van der Waals surface area contributed by atoms with Crippen molar-refractivity contribution in [2.45, 2.75) is 12.8 Å². The minimum absolute atomic E-state index is 0.167. The van der Waals surface area contributed by atoms with E-state index < -0.39 is 5.97 Å². The van der Waals surface area contributed by atoms with E-state index in [1.807, 2.05) is 0 Å². The maximum atomic E-state index is 10.8. The topological polar surface area (TPSA) is 56.7 Å². The summed E-state index contributed by atoms with van der Waals surface area (Å²) in [5.41, 5.74) is 0.167. The summed E-state index contributed by atoms with van der Waals surface area (Å²) in [6.07, 6.45) is 0. The van der Waals surface area contributed by atoms with Crippen molar-refractivity contribution >= 4 is 17.3 Å². The summed E-state index contributed by atoms with van der Waals surface area (Å²) < 4.78 is 0. The maximum Gasteiger partial charge on any atom is 0.355 e. The normalized spacial score (nSPS) is 19.9. The van der Waals surface area contributed by atoms with Crippen LogP contribution in [0, 0.1) is 0 Å². The van der Waals surface area contributed by atoms with E-state index in [4.69, 9.17) is 5.11 Å². The molecular formula is C12H19N3O2S. The molecule has 1 saturated heterocycles. The van der Waals surface area contributed by atoms with Gasteiger partial charge in [0.25, 0.3) is 0 Å². The minimum atomic E-state index is -0.940. The van der Waals surface area contributed by atoms with Crippen LogP contribution in [0.25, 0.3) is 0 Å². The average molecular weight is 269 g/mol. The molecular weight excluding hydrogens is 250 g/mol. The summed E-state index contributed by atoms with van der Waals surface area (Å²) in [6, 6.07) is 0. The Morgan fingerprint density at radius 2 is 2.17 bits per heavy atom. The van der Waals surface area contributed by atoms with Gasteiger partial charge < -0.3 is 14.9 Å². The number of hydrogen-bond acceptors (Lipinski definition) is 5. The van der Waals surface area contributed by atoms with Gasteiger partial charge in [-0.3, -0.25) is 0 Å². The van der Waals surface area contributed by atoms with Crippen LogP contribution in [0.5, 0.6) is 0 Å². The molecule has 6 heteroatoms. The van der Waals surface area contributed by atoms with E-state index in [-0.39, 0.29) is 5.69 Å². The summed E-state index contributed by atoms with van der Waals surface area (Å²) in [4.78, 5) is 19.7. The molecule has 2 rings (SSSR count). The van der Waals surface area contributed by atoms with Gasteiger partial charge >= 0.3 is 5.97 Å². The fraction of sp³-hybridized carbons (Fsp3) is 0.667. The highest BCUT2D eigenvalue weighted by atomic mass is 32.1. The summed E-state index contributed by atoms with van der Waals surface area (Å²) >= 11 is 1.45. The Bertz CT molecular complexity index is 413. The number of thiazole rings is 1. The standard InChI is InChI=1S/C12H19N3O2S/c1-9(7-15-5-3-14(2)4-6-15)11-13-10(8-18-11)12(16)17/h8-9H,3-7H2,1-2H3,(H,16,17). The van der Waals surface area contributed by atoms with Crippen LogP contribution in [0.2, 0.25) is 0 Å². The molecule has 0 amide bonds. The molecule has 0 bridgehead atoms. The Hall–Kier alpha value is -0.980. The van der Waals surface area contributed by atoms with Crippen molar-refractivity contribution in [1.29, 1.82) is 0 Å². The van der Waals surface area contributed by atoms with Crippen molar-refractivity contribution in [1.82, 2.24) is 14.8 Å². The lowest BCUT2D eigenvalue weighted by Crippen LogP contribution is -2.45. The Morgan fingerprint density at radius 1 is 1.50 bits per heavy atom. The first-order valence-electron chi connectivity index (χ1n) is 6.16. The van der Waals surface area contributed by atoms with Crippen LogP contribution in [0.4, 0.5) is 0 Å². The Balaban J connectivity index is 1.90. The van der Waals surface area contributed by atoms with Gasteiger partial charge in [-0.25, -0.2) is 9.78 Å². The van der Waals surface area contributed by atoms with E-state index >= 15 is 0 Å². The van der Waals surface area contributed by atoms with Crippen molar-refractivity contribution in [3.8, 4) is 0 Å². The lowest BCUT2D eigenvalue weighted by Gasteiger charge is -2.33. The van der Waals surface area contributed by atoms with Crippen molar-refractivity contribution in [2.75, 3.05) is 39.8 Å². The van der Waals surface area contributed by atoms with Crippen LogP contribution in [0.1, 0.15) is 28.3 Å². The van der Waals surface area contributed by atoms with E-state index in [9.17, 15) is 4.79 Å². The molecule has 0 aromatic carbocycles. The molecule has 18 heavy (non-hydrogen) atoms. The van der Waals surface area contributed by atoms with E-state index in [1.165, 1.54) is 11.3 Å². The molecule has 100 valence electrons. The largest absolute Gasteiger partial charge is 0.476 e. The van der Waals surface area contributed by atoms with Gasteiger partial charge in [-0.15, -0.1) is 11.3 Å². The zero-order chi connectivity index (χ0) is 13.1. The van der Waals surface area contributed by atoms with E-state index in [0.717, 1.165) is 37.7 Å². The average Bonchev–Trinajstić information content (AvgIpc) is 2.81. The number of aromatic carboxylic acids is 1. The van der Waals surface area contributed by atoms with Crippen molar-refractivity contribution in [2.24, 2.45) is 0 Å². The molecule has 1 unspecified atom stereocenters. The summed E-state index contributed by atoms with van der Waals surface area (Å²) in [6.45, 7) is 7.44. The second-order valence-corrected chi connectivity index (χ2v) is 5.77. The van der Waals surface area contributed by atoms with Gasteiger partial charge in [-0.1, -0.05) is 6.92 Å². The molecule has 0 spiro atoms. The van der Waals surface area contributed by atoms with E-state index in [2.05, 4.69) is 28.8 Å². The zero-order valence-corrected chi connectivity index (χ0v) is 11.6. The number of hydrogen-bond donors (Lipinski definition) is 1. The fourth-order valence-corrected chi connectivity index (χ4v) is 2.95. The number of carboxylic acid groups (broad SMARTS) is 1. The predicted octanol–water partition coefficient (Wildman–Crippen LogP) is 1.19. The summed E-state index contributed by atoms with van der Waals surface area (Å²) in [5, 5.41) is 11.4. The number of piperazine rings is 1. The third-order valence-electron chi connectivity index (χ3n) is 3.29. The van der Waals surface area contributed by atoms with Gasteiger partial charge in [0.15, 0.2) is 5.69 Å². The fourth-order valence-electron chi connectivity index (χ4n) is 2.11. The van der Waals surface area contributed by atoms with Gasteiger partial charge in [0.1, 0.15) is 0 Å². The van der Waals surface area contributed by atoms with Crippen LogP contribution in [-0.2, 0) is 0 Å². The Morgan fingerprint density at radius 3 is 2.72 bits per heavy atom. The van der Waals surface area contributed by atoms with Gasteiger partial charge in [0.2, 0.25) is 0 Å². The maximum absolute atomic E-state index is 10.8. The number of nitrogens with zero attached hydrogens (tertiary/aromatic N) is 3. The smallest absolute Gasteiger partial charge is 0.355 e. The number of rotatable bonds is 4. The molecule has 0 radical (unpaired) electrons. The Labute approximate surface area is 111 Å². The van der Waals surface area contributed by atoms with Crippen molar-refractivity contribution in [3.63, 3.8) is 0 Å². The Kier molecular flexibility index (Phi) is 4.31. The number of likely N-dealkylation sites (N-methyl/N-ethyl adjacent to an activating group) is 1. The molecule has 1 N–H and O–H groups in total. The van der Waals surface area contributed by atoms with E-state index in [1.54, 1.807) is 5.38 Å². The second-order valence-electron chi connectivity index (χ2n) is 4.88. The molecule has 1 fully saturated rings.